The molecule has 0 fully saturated rings. The summed E-state index contributed by atoms with van der Waals surface area (Å²) in [7, 11) is 0. The molecule has 6 heteroatoms. The largest absolute Gasteiger partial charge is 0.329 e. The van der Waals surface area contributed by atoms with E-state index in [0.717, 1.165) is 8.95 Å². The van der Waals surface area contributed by atoms with Crippen molar-refractivity contribution in [1.82, 2.24) is 4.98 Å². The molecule has 0 N–H and O–H groups in total. The maximum Gasteiger partial charge on any atom is 0.144 e. The molecule has 0 bridgehead atoms. The molecule has 0 aliphatic carbocycles. The lowest BCUT2D eigenvalue weighted by atomic mass is 10.4. The third-order valence-corrected chi connectivity index (χ3v) is 2.63. The fraction of sp³-hybridized carbons (Fsp3) is 0.222. The van der Waals surface area contributed by atoms with Gasteiger partial charge in [0, 0.05) is 10.7 Å². The van der Waals surface area contributed by atoms with Crippen LogP contribution in [-0.4, -0.2) is 18.1 Å². The first-order valence-corrected chi connectivity index (χ1v) is 5.57. The Balaban J connectivity index is 3.02. The second kappa shape index (κ2) is 5.69. The topological polar surface area (TPSA) is 63.7 Å². The third-order valence-electron chi connectivity index (χ3n) is 1.61. The van der Waals surface area contributed by atoms with Crippen LogP contribution in [0.5, 0.6) is 0 Å². The Morgan fingerprint density at radius 3 is 2.33 bits per heavy atom. The fourth-order valence-corrected chi connectivity index (χ4v) is 2.25. The minimum Gasteiger partial charge on any atom is -0.329 e. The zero-order chi connectivity index (χ0) is 11.3. The van der Waals surface area contributed by atoms with E-state index in [0.29, 0.717) is 5.82 Å². The summed E-state index contributed by atoms with van der Waals surface area (Å²) in [6.45, 7) is 0.279. The van der Waals surface area contributed by atoms with Crippen molar-refractivity contribution < 1.29 is 0 Å². The van der Waals surface area contributed by atoms with E-state index in [9.17, 15) is 0 Å². The second-order valence-electron chi connectivity index (χ2n) is 2.63. The number of aromatic nitrogens is 1. The van der Waals surface area contributed by atoms with Crippen LogP contribution in [0.3, 0.4) is 0 Å². The molecule has 1 rings (SSSR count). The highest BCUT2D eigenvalue weighted by Gasteiger charge is 2.10. The average molecular weight is 330 g/mol. The number of rotatable bonds is 3. The van der Waals surface area contributed by atoms with E-state index in [1.165, 1.54) is 0 Å². The maximum atomic E-state index is 8.62. The van der Waals surface area contributed by atoms with Gasteiger partial charge >= 0.3 is 0 Å². The molecular formula is C9H6Br2N4. The van der Waals surface area contributed by atoms with Gasteiger partial charge in [0.1, 0.15) is 18.9 Å². The summed E-state index contributed by atoms with van der Waals surface area (Å²) in [6.07, 6.45) is 1.63. The van der Waals surface area contributed by atoms with Crippen LogP contribution in [-0.2, 0) is 0 Å². The monoisotopic (exact) mass is 328 g/mol. The smallest absolute Gasteiger partial charge is 0.144 e. The number of pyridine rings is 1. The summed E-state index contributed by atoms with van der Waals surface area (Å²) in [6, 6.07) is 5.81. The maximum absolute atomic E-state index is 8.62. The molecule has 0 spiro atoms. The number of nitriles is 2. The minimum absolute atomic E-state index is 0.140. The lowest BCUT2D eigenvalue weighted by molar-refractivity contribution is 0.930. The molecule has 4 nitrogen and oxygen atoms in total. The summed E-state index contributed by atoms with van der Waals surface area (Å²) >= 11 is 6.62. The minimum atomic E-state index is 0.140. The van der Waals surface area contributed by atoms with Crippen LogP contribution in [0.15, 0.2) is 21.2 Å². The first-order chi connectivity index (χ1) is 7.19. The Bertz CT molecular complexity index is 417. The molecule has 1 heterocycles. The molecule has 0 radical (unpaired) electrons. The highest BCUT2D eigenvalue weighted by atomic mass is 79.9. The molecule has 1 aromatic heterocycles. The second-order valence-corrected chi connectivity index (χ2v) is 4.40. The molecule has 0 saturated heterocycles. The Morgan fingerprint density at radius 1 is 1.27 bits per heavy atom. The zero-order valence-corrected chi connectivity index (χ0v) is 10.8. The predicted molar refractivity (Wildman–Crippen MR) is 63.1 cm³/mol. The normalized spacial score (nSPS) is 9.07. The molecule has 0 unspecified atom stereocenters. The van der Waals surface area contributed by atoms with Gasteiger partial charge in [0.25, 0.3) is 0 Å². The lowest BCUT2D eigenvalue weighted by Gasteiger charge is -2.17. The highest BCUT2D eigenvalue weighted by Crippen LogP contribution is 2.26. The molecule has 1 aromatic rings. The van der Waals surface area contributed by atoms with Gasteiger partial charge in [-0.1, -0.05) is 0 Å². The van der Waals surface area contributed by atoms with Crippen LogP contribution < -0.4 is 4.90 Å². The summed E-state index contributed by atoms with van der Waals surface area (Å²) in [5, 5.41) is 17.2. The van der Waals surface area contributed by atoms with Crippen LogP contribution in [0.4, 0.5) is 5.82 Å². The summed E-state index contributed by atoms with van der Waals surface area (Å²) in [5.41, 5.74) is 0. The first-order valence-electron chi connectivity index (χ1n) is 3.99. The standard InChI is InChI=1S/C9H6Br2N4/c10-7-5-8(11)9(14-6-7)15(3-1-12)4-2-13/h5-6H,3-4H2. The Labute approximate surface area is 104 Å². The lowest BCUT2D eigenvalue weighted by Crippen LogP contribution is -2.25. The van der Waals surface area contributed by atoms with E-state index < -0.39 is 0 Å². The number of halogens is 2. The summed E-state index contributed by atoms with van der Waals surface area (Å²) in [5.74, 6) is 0.598. The van der Waals surface area contributed by atoms with Crippen molar-refractivity contribution in [3.05, 3.63) is 21.2 Å². The third kappa shape index (κ3) is 3.19. The number of hydrogen-bond acceptors (Lipinski definition) is 4. The molecule has 76 valence electrons. The van der Waals surface area contributed by atoms with Gasteiger partial charge in [-0.15, -0.1) is 0 Å². The molecule has 0 saturated carbocycles. The van der Waals surface area contributed by atoms with E-state index in [4.69, 9.17) is 10.5 Å². The van der Waals surface area contributed by atoms with Crippen molar-refractivity contribution in [1.29, 1.82) is 10.5 Å². The van der Waals surface area contributed by atoms with E-state index >= 15 is 0 Å². The van der Waals surface area contributed by atoms with Crippen molar-refractivity contribution in [3.8, 4) is 12.1 Å². The van der Waals surface area contributed by atoms with Crippen LogP contribution >= 0.6 is 31.9 Å². The molecule has 0 aliphatic rings. The zero-order valence-electron chi connectivity index (χ0n) is 7.61. The highest BCUT2D eigenvalue weighted by molar-refractivity contribution is 9.11. The van der Waals surface area contributed by atoms with Crippen LogP contribution in [0, 0.1) is 22.7 Å². The van der Waals surface area contributed by atoms with E-state index in [1.54, 1.807) is 11.1 Å². The molecule has 0 atom stereocenters. The summed E-state index contributed by atoms with van der Waals surface area (Å²) in [4.78, 5) is 5.74. The number of nitrogens with zero attached hydrogens (tertiary/aromatic N) is 4. The molecule has 0 aromatic carbocycles. The fourth-order valence-electron chi connectivity index (χ4n) is 1.02. The molecule has 15 heavy (non-hydrogen) atoms. The van der Waals surface area contributed by atoms with Gasteiger partial charge in [-0.25, -0.2) is 4.98 Å². The van der Waals surface area contributed by atoms with Crippen molar-refractivity contribution in [2.45, 2.75) is 0 Å². The van der Waals surface area contributed by atoms with Crippen molar-refractivity contribution in [2.24, 2.45) is 0 Å². The van der Waals surface area contributed by atoms with Gasteiger partial charge in [0.05, 0.1) is 16.6 Å². The van der Waals surface area contributed by atoms with Crippen molar-refractivity contribution in [2.75, 3.05) is 18.0 Å². The quantitative estimate of drug-likeness (QED) is 0.799. The predicted octanol–water partition coefficient (Wildman–Crippen LogP) is 2.46. The van der Waals surface area contributed by atoms with Gasteiger partial charge in [-0.3, -0.25) is 0 Å². The Hall–Kier alpha value is -1.11. The Morgan fingerprint density at radius 2 is 1.87 bits per heavy atom. The van der Waals surface area contributed by atoms with Gasteiger partial charge in [0.15, 0.2) is 0 Å². The molecule has 0 amide bonds. The number of hydrogen-bond donors (Lipinski definition) is 0. The van der Waals surface area contributed by atoms with Crippen molar-refractivity contribution in [3.63, 3.8) is 0 Å². The summed E-state index contributed by atoms with van der Waals surface area (Å²) < 4.78 is 1.59. The molecule has 0 aliphatic heterocycles. The average Bonchev–Trinajstić information content (AvgIpc) is 2.17. The van der Waals surface area contributed by atoms with Gasteiger partial charge in [0.2, 0.25) is 0 Å². The van der Waals surface area contributed by atoms with Gasteiger partial charge in [-0.05, 0) is 37.9 Å². The number of anilines is 1. The van der Waals surface area contributed by atoms with Crippen LogP contribution in [0.2, 0.25) is 0 Å². The van der Waals surface area contributed by atoms with Crippen LogP contribution in [0.1, 0.15) is 0 Å². The Kier molecular flexibility index (Phi) is 4.54. The molecular weight excluding hydrogens is 324 g/mol. The SMILES string of the molecule is N#CCN(CC#N)c1ncc(Br)cc1Br. The van der Waals surface area contributed by atoms with E-state index in [-0.39, 0.29) is 13.1 Å². The van der Waals surface area contributed by atoms with Gasteiger partial charge in [-0.2, -0.15) is 10.5 Å². The van der Waals surface area contributed by atoms with Gasteiger partial charge < -0.3 is 4.90 Å². The van der Waals surface area contributed by atoms with Crippen molar-refractivity contribution >= 4 is 37.7 Å². The van der Waals surface area contributed by atoms with E-state index in [1.807, 2.05) is 18.2 Å². The first kappa shape index (κ1) is 12.0. The van der Waals surface area contributed by atoms with E-state index in [2.05, 4.69) is 36.8 Å². The van der Waals surface area contributed by atoms with Crippen LogP contribution in [0.25, 0.3) is 0 Å².